The topological polar surface area (TPSA) is 31.2 Å². The Morgan fingerprint density at radius 1 is 1.09 bits per heavy atom. The van der Waals surface area contributed by atoms with Gasteiger partial charge in [0.25, 0.3) is 0 Å². The van der Waals surface area contributed by atoms with Gasteiger partial charge in [-0.25, -0.2) is 0 Å². The van der Waals surface area contributed by atoms with Crippen LogP contribution in [0.25, 0.3) is 12.3 Å². The predicted octanol–water partition coefficient (Wildman–Crippen LogP) is 4.58. The number of benzene rings is 1. The molecule has 0 saturated heterocycles. The summed E-state index contributed by atoms with van der Waals surface area (Å²) in [5, 5.41) is 0. The van der Waals surface area contributed by atoms with Crippen molar-refractivity contribution in [1.29, 1.82) is 0 Å². The predicted molar refractivity (Wildman–Crippen MR) is 97.0 cm³/mol. The van der Waals surface area contributed by atoms with Crippen LogP contribution < -0.4 is 10.2 Å². The summed E-state index contributed by atoms with van der Waals surface area (Å²) in [5.74, 6) is 0.939. The molecule has 0 spiro atoms. The molecule has 0 radical (unpaired) electrons. The van der Waals surface area contributed by atoms with Gasteiger partial charge >= 0.3 is 0 Å². The summed E-state index contributed by atoms with van der Waals surface area (Å²) in [5.41, 5.74) is 4.13. The van der Waals surface area contributed by atoms with Crippen LogP contribution in [0.3, 0.4) is 0 Å². The minimum atomic E-state index is 0.0478. The number of hydrogen-bond acceptors (Lipinski definition) is 2. The number of aromatic nitrogens is 1. The largest absolute Gasteiger partial charge is 0.493 e. The minimum absolute atomic E-state index is 0.0478. The van der Waals surface area contributed by atoms with Crippen molar-refractivity contribution >= 4 is 12.3 Å². The SMILES string of the molecule is CCCCOc1cc(/C=C/n2c(C)cc(=O)cc2C)ccc1C. The van der Waals surface area contributed by atoms with Gasteiger partial charge in [-0.05, 0) is 50.5 Å². The molecule has 0 aliphatic rings. The van der Waals surface area contributed by atoms with Crippen molar-refractivity contribution < 1.29 is 4.74 Å². The standard InChI is InChI=1S/C20H25NO2/c1-5-6-11-23-20-14-18(8-7-15(20)2)9-10-21-16(3)12-19(22)13-17(21)4/h7-10,12-14H,5-6,11H2,1-4H3/b10-9+. The fourth-order valence-electron chi connectivity index (χ4n) is 2.47. The van der Waals surface area contributed by atoms with Gasteiger partial charge in [-0.15, -0.1) is 0 Å². The lowest BCUT2D eigenvalue weighted by Crippen LogP contribution is -2.08. The summed E-state index contributed by atoms with van der Waals surface area (Å²) in [4.78, 5) is 11.5. The number of ether oxygens (including phenoxy) is 1. The first kappa shape index (κ1) is 17.1. The van der Waals surface area contributed by atoms with Crippen LogP contribution in [-0.2, 0) is 0 Å². The maximum absolute atomic E-state index is 11.5. The van der Waals surface area contributed by atoms with Crippen LogP contribution in [-0.4, -0.2) is 11.2 Å². The van der Waals surface area contributed by atoms with E-state index in [0.717, 1.165) is 47.7 Å². The van der Waals surface area contributed by atoms with Crippen LogP contribution in [0.2, 0.25) is 0 Å². The zero-order valence-electron chi connectivity index (χ0n) is 14.4. The molecule has 0 bridgehead atoms. The van der Waals surface area contributed by atoms with Crippen LogP contribution in [0.1, 0.15) is 42.3 Å². The second-order valence-electron chi connectivity index (χ2n) is 5.89. The van der Waals surface area contributed by atoms with E-state index in [1.54, 1.807) is 12.1 Å². The summed E-state index contributed by atoms with van der Waals surface area (Å²) in [6, 6.07) is 9.50. The first-order chi connectivity index (χ1) is 11.0. The molecule has 3 nitrogen and oxygen atoms in total. The molecule has 0 fully saturated rings. The van der Waals surface area contributed by atoms with Gasteiger partial charge in [0.2, 0.25) is 0 Å². The Morgan fingerprint density at radius 2 is 1.78 bits per heavy atom. The molecule has 2 rings (SSSR count). The molecule has 1 aromatic heterocycles. The molecule has 23 heavy (non-hydrogen) atoms. The van der Waals surface area contributed by atoms with E-state index >= 15 is 0 Å². The monoisotopic (exact) mass is 311 g/mol. The Hall–Kier alpha value is -2.29. The van der Waals surface area contributed by atoms with E-state index in [9.17, 15) is 4.79 Å². The maximum Gasteiger partial charge on any atom is 0.182 e. The number of nitrogens with zero attached hydrogens (tertiary/aromatic N) is 1. The van der Waals surface area contributed by atoms with Crippen molar-refractivity contribution in [3.8, 4) is 5.75 Å². The summed E-state index contributed by atoms with van der Waals surface area (Å²) < 4.78 is 7.86. The lowest BCUT2D eigenvalue weighted by molar-refractivity contribution is 0.307. The highest BCUT2D eigenvalue weighted by molar-refractivity contribution is 5.63. The van der Waals surface area contributed by atoms with Gasteiger partial charge < -0.3 is 9.30 Å². The van der Waals surface area contributed by atoms with Crippen molar-refractivity contribution in [3.05, 3.63) is 63.1 Å². The zero-order chi connectivity index (χ0) is 16.8. The van der Waals surface area contributed by atoms with Crippen LogP contribution in [0.15, 0.2) is 35.1 Å². The zero-order valence-corrected chi connectivity index (χ0v) is 14.4. The van der Waals surface area contributed by atoms with Crippen molar-refractivity contribution in [1.82, 2.24) is 4.57 Å². The fraction of sp³-hybridized carbons (Fsp3) is 0.350. The number of aryl methyl sites for hydroxylation is 3. The fourth-order valence-corrected chi connectivity index (χ4v) is 2.47. The molecule has 0 N–H and O–H groups in total. The van der Waals surface area contributed by atoms with Gasteiger partial charge in [0.1, 0.15) is 5.75 Å². The molecule has 0 saturated carbocycles. The van der Waals surface area contributed by atoms with Crippen LogP contribution >= 0.6 is 0 Å². The highest BCUT2D eigenvalue weighted by Gasteiger charge is 2.01. The summed E-state index contributed by atoms with van der Waals surface area (Å²) in [6.07, 6.45) is 6.22. The Morgan fingerprint density at radius 3 is 2.43 bits per heavy atom. The minimum Gasteiger partial charge on any atom is -0.493 e. The Balaban J connectivity index is 2.23. The molecule has 0 unspecified atom stereocenters. The molecule has 2 aromatic rings. The Kier molecular flexibility index (Phi) is 5.80. The van der Waals surface area contributed by atoms with Crippen molar-refractivity contribution in [2.75, 3.05) is 6.61 Å². The van der Waals surface area contributed by atoms with Crippen molar-refractivity contribution in [3.63, 3.8) is 0 Å². The van der Waals surface area contributed by atoms with E-state index in [2.05, 4.69) is 32.0 Å². The van der Waals surface area contributed by atoms with Crippen molar-refractivity contribution in [2.24, 2.45) is 0 Å². The highest BCUT2D eigenvalue weighted by atomic mass is 16.5. The number of rotatable bonds is 6. The molecule has 0 aliphatic carbocycles. The first-order valence-corrected chi connectivity index (χ1v) is 8.12. The smallest absolute Gasteiger partial charge is 0.182 e. The maximum atomic E-state index is 11.5. The van der Waals surface area contributed by atoms with E-state index in [0.29, 0.717) is 0 Å². The average Bonchev–Trinajstić information content (AvgIpc) is 2.49. The van der Waals surface area contributed by atoms with E-state index < -0.39 is 0 Å². The van der Waals surface area contributed by atoms with Gasteiger partial charge in [-0.2, -0.15) is 0 Å². The quantitative estimate of drug-likeness (QED) is 0.731. The average molecular weight is 311 g/mol. The van der Waals surface area contributed by atoms with Crippen molar-refractivity contribution in [2.45, 2.75) is 40.5 Å². The van der Waals surface area contributed by atoms with Crippen LogP contribution in [0, 0.1) is 20.8 Å². The lowest BCUT2D eigenvalue weighted by Gasteiger charge is -2.11. The molecule has 1 aromatic carbocycles. The summed E-state index contributed by atoms with van der Waals surface area (Å²) in [7, 11) is 0. The third kappa shape index (κ3) is 4.59. The number of pyridine rings is 1. The van der Waals surface area contributed by atoms with E-state index in [-0.39, 0.29) is 5.43 Å². The van der Waals surface area contributed by atoms with Gasteiger partial charge in [0, 0.05) is 29.7 Å². The number of unbranched alkanes of at least 4 members (excludes halogenated alkanes) is 1. The van der Waals surface area contributed by atoms with Gasteiger partial charge in [-0.3, -0.25) is 4.79 Å². The first-order valence-electron chi connectivity index (χ1n) is 8.12. The van der Waals surface area contributed by atoms with Crippen LogP contribution in [0.4, 0.5) is 0 Å². The molecule has 0 aliphatic heterocycles. The Labute approximate surface area is 138 Å². The van der Waals surface area contributed by atoms with Gasteiger partial charge in [0.15, 0.2) is 5.43 Å². The molecule has 1 heterocycles. The summed E-state index contributed by atoms with van der Waals surface area (Å²) >= 11 is 0. The summed E-state index contributed by atoms with van der Waals surface area (Å²) in [6.45, 7) is 8.85. The number of hydrogen-bond donors (Lipinski definition) is 0. The third-order valence-corrected chi connectivity index (χ3v) is 3.85. The van der Waals surface area contributed by atoms with Gasteiger partial charge in [-0.1, -0.05) is 25.5 Å². The molecule has 0 atom stereocenters. The van der Waals surface area contributed by atoms with Crippen LogP contribution in [0.5, 0.6) is 5.75 Å². The molecule has 3 heteroatoms. The van der Waals surface area contributed by atoms with E-state index in [4.69, 9.17) is 4.74 Å². The van der Waals surface area contributed by atoms with E-state index in [1.165, 1.54) is 0 Å². The third-order valence-electron chi connectivity index (χ3n) is 3.85. The molecular formula is C20H25NO2. The molecular weight excluding hydrogens is 286 g/mol. The van der Waals surface area contributed by atoms with E-state index in [1.807, 2.05) is 30.7 Å². The van der Waals surface area contributed by atoms with Gasteiger partial charge in [0.05, 0.1) is 6.61 Å². The second-order valence-corrected chi connectivity index (χ2v) is 5.89. The normalized spacial score (nSPS) is 11.1. The lowest BCUT2D eigenvalue weighted by atomic mass is 10.1. The second kappa shape index (κ2) is 7.82. The molecule has 122 valence electrons. The molecule has 0 amide bonds. The highest BCUT2D eigenvalue weighted by Crippen LogP contribution is 2.21. The Bertz CT molecular complexity index is 730.